The molecule has 0 radical (unpaired) electrons. The van der Waals surface area contributed by atoms with Gasteiger partial charge in [-0.3, -0.25) is 0 Å². The van der Waals surface area contributed by atoms with Crippen molar-refractivity contribution in [1.29, 1.82) is 0 Å². The largest absolute Gasteiger partial charge is 0.481 e. The number of aryl methyl sites for hydroxylation is 1. The van der Waals surface area contributed by atoms with Crippen LogP contribution in [0.4, 0.5) is 16.2 Å². The summed E-state index contributed by atoms with van der Waals surface area (Å²) in [6, 6.07) is 5.49. The number of hydrogen-bond donors (Lipinski definition) is 1. The molecular weight excluding hydrogens is 363 g/mol. The molecule has 9 heteroatoms. The highest BCUT2D eigenvalue weighted by Crippen LogP contribution is 2.30. The number of rotatable bonds is 5. The molecule has 0 aliphatic carbocycles. The maximum atomic E-state index is 14.6. The van der Waals surface area contributed by atoms with E-state index in [4.69, 9.17) is 9.47 Å². The normalized spacial score (nSPS) is 14.8. The highest BCUT2D eigenvalue weighted by atomic mass is 19.1. The number of hydrogen-bond acceptors (Lipinski definition) is 7. The highest BCUT2D eigenvalue weighted by Gasteiger charge is 2.23. The smallest absolute Gasteiger partial charge is 0.229 e. The van der Waals surface area contributed by atoms with Crippen LogP contribution in [0.3, 0.4) is 0 Å². The van der Waals surface area contributed by atoms with E-state index < -0.39 is 5.82 Å². The fourth-order valence-corrected chi connectivity index (χ4v) is 3.35. The number of nitrogens with one attached hydrogen (secondary N) is 1. The Morgan fingerprint density at radius 3 is 2.79 bits per heavy atom. The SMILES string of the molecule is COc1cccc(Nc2ncc(F)c(-c3cnc(C)n3C3CCOCC3)n2)n1. The van der Waals surface area contributed by atoms with Crippen LogP contribution >= 0.6 is 0 Å². The summed E-state index contributed by atoms with van der Waals surface area (Å²) in [5.74, 6) is 1.53. The van der Waals surface area contributed by atoms with Gasteiger partial charge in [-0.05, 0) is 25.8 Å². The molecule has 0 bridgehead atoms. The molecule has 3 aromatic rings. The lowest BCUT2D eigenvalue weighted by atomic mass is 10.1. The van der Waals surface area contributed by atoms with Gasteiger partial charge >= 0.3 is 0 Å². The second-order valence-corrected chi connectivity index (χ2v) is 6.48. The minimum Gasteiger partial charge on any atom is -0.481 e. The van der Waals surface area contributed by atoms with E-state index in [1.807, 2.05) is 11.5 Å². The van der Waals surface area contributed by atoms with Gasteiger partial charge in [0.1, 0.15) is 17.3 Å². The predicted octanol–water partition coefficient (Wildman–Crippen LogP) is 3.29. The first kappa shape index (κ1) is 18.3. The Morgan fingerprint density at radius 2 is 2.00 bits per heavy atom. The fraction of sp³-hybridized carbons (Fsp3) is 0.368. The third kappa shape index (κ3) is 3.65. The molecule has 0 aromatic carbocycles. The Morgan fingerprint density at radius 1 is 1.18 bits per heavy atom. The zero-order valence-corrected chi connectivity index (χ0v) is 15.7. The Kier molecular flexibility index (Phi) is 5.16. The van der Waals surface area contributed by atoms with Gasteiger partial charge in [-0.2, -0.15) is 4.98 Å². The zero-order chi connectivity index (χ0) is 19.5. The average molecular weight is 384 g/mol. The van der Waals surface area contributed by atoms with Crippen LogP contribution in [-0.4, -0.2) is 44.8 Å². The second kappa shape index (κ2) is 7.89. The average Bonchev–Trinajstić information content (AvgIpc) is 3.11. The number of imidazole rings is 1. The first-order valence-electron chi connectivity index (χ1n) is 9.08. The van der Waals surface area contributed by atoms with Crippen molar-refractivity contribution < 1.29 is 13.9 Å². The number of aromatic nitrogens is 5. The van der Waals surface area contributed by atoms with Crippen LogP contribution < -0.4 is 10.1 Å². The maximum Gasteiger partial charge on any atom is 0.229 e. The van der Waals surface area contributed by atoms with Crippen LogP contribution in [0.25, 0.3) is 11.4 Å². The number of nitrogens with zero attached hydrogens (tertiary/aromatic N) is 5. The Hall–Kier alpha value is -3.07. The monoisotopic (exact) mass is 384 g/mol. The Labute approximate surface area is 161 Å². The van der Waals surface area contributed by atoms with Gasteiger partial charge in [-0.1, -0.05) is 6.07 Å². The van der Waals surface area contributed by atoms with Gasteiger partial charge in [0, 0.05) is 25.3 Å². The van der Waals surface area contributed by atoms with E-state index in [1.54, 1.807) is 31.5 Å². The van der Waals surface area contributed by atoms with Crippen molar-refractivity contribution in [3.05, 3.63) is 42.2 Å². The molecule has 4 heterocycles. The lowest BCUT2D eigenvalue weighted by molar-refractivity contribution is 0.0694. The first-order valence-corrected chi connectivity index (χ1v) is 9.08. The molecule has 1 aliphatic heterocycles. The molecule has 0 amide bonds. The Balaban J connectivity index is 1.68. The number of ether oxygens (including phenoxy) is 2. The summed E-state index contributed by atoms with van der Waals surface area (Å²) in [5, 5.41) is 2.99. The fourth-order valence-electron chi connectivity index (χ4n) is 3.35. The zero-order valence-electron chi connectivity index (χ0n) is 15.7. The molecule has 1 N–H and O–H groups in total. The summed E-state index contributed by atoms with van der Waals surface area (Å²) in [6.45, 7) is 3.28. The van der Waals surface area contributed by atoms with Gasteiger partial charge in [-0.25, -0.2) is 19.3 Å². The summed E-state index contributed by atoms with van der Waals surface area (Å²) in [4.78, 5) is 17.1. The molecule has 0 saturated carbocycles. The van der Waals surface area contributed by atoms with Crippen LogP contribution in [0, 0.1) is 12.7 Å². The van der Waals surface area contributed by atoms with E-state index in [1.165, 1.54) is 0 Å². The van der Waals surface area contributed by atoms with Gasteiger partial charge in [0.25, 0.3) is 0 Å². The van der Waals surface area contributed by atoms with Crippen LogP contribution in [0.1, 0.15) is 24.7 Å². The van der Waals surface area contributed by atoms with Crippen LogP contribution in [0.2, 0.25) is 0 Å². The van der Waals surface area contributed by atoms with Gasteiger partial charge in [0.15, 0.2) is 5.82 Å². The van der Waals surface area contributed by atoms with Crippen molar-refractivity contribution in [2.24, 2.45) is 0 Å². The van der Waals surface area contributed by atoms with Crippen molar-refractivity contribution in [2.75, 3.05) is 25.6 Å². The summed E-state index contributed by atoms with van der Waals surface area (Å²) in [5.41, 5.74) is 0.832. The van der Waals surface area contributed by atoms with E-state index in [0.717, 1.165) is 24.9 Å². The van der Waals surface area contributed by atoms with Crippen molar-refractivity contribution in [1.82, 2.24) is 24.5 Å². The maximum absolute atomic E-state index is 14.6. The minimum atomic E-state index is -0.502. The molecule has 1 fully saturated rings. The van der Waals surface area contributed by atoms with Gasteiger partial charge in [0.2, 0.25) is 11.8 Å². The molecule has 8 nitrogen and oxygen atoms in total. The van der Waals surface area contributed by atoms with Crippen molar-refractivity contribution >= 4 is 11.8 Å². The lowest BCUT2D eigenvalue weighted by Gasteiger charge is -2.26. The summed E-state index contributed by atoms with van der Waals surface area (Å²) >= 11 is 0. The molecule has 3 aromatic heterocycles. The molecule has 4 rings (SSSR count). The van der Waals surface area contributed by atoms with E-state index in [0.29, 0.717) is 30.6 Å². The van der Waals surface area contributed by atoms with Crippen molar-refractivity contribution in [2.45, 2.75) is 25.8 Å². The van der Waals surface area contributed by atoms with Gasteiger partial charge < -0.3 is 19.4 Å². The summed E-state index contributed by atoms with van der Waals surface area (Å²) < 4.78 is 27.2. The Bertz CT molecular complexity index is 971. The topological polar surface area (TPSA) is 87.0 Å². The molecule has 0 unspecified atom stereocenters. The molecule has 28 heavy (non-hydrogen) atoms. The number of halogens is 1. The third-order valence-corrected chi connectivity index (χ3v) is 4.70. The first-order chi connectivity index (χ1) is 13.7. The standard InChI is InChI=1S/C19H21FN6O2/c1-12-21-11-15(26(12)13-6-8-28-9-7-13)18-14(20)10-22-19(25-18)24-16-4-3-5-17(23-16)27-2/h3-5,10-11,13H,6-9H2,1-2H3,(H,22,23,24,25). The van der Waals surface area contributed by atoms with Crippen LogP contribution in [-0.2, 0) is 4.74 Å². The predicted molar refractivity (Wildman–Crippen MR) is 101 cm³/mol. The van der Waals surface area contributed by atoms with E-state index in [-0.39, 0.29) is 17.7 Å². The molecular formula is C19H21FN6O2. The summed E-state index contributed by atoms with van der Waals surface area (Å²) in [6.07, 6.45) is 4.52. The minimum absolute atomic E-state index is 0.201. The molecule has 1 aliphatic rings. The van der Waals surface area contributed by atoms with Gasteiger partial charge in [-0.15, -0.1) is 0 Å². The van der Waals surface area contributed by atoms with Crippen LogP contribution in [0.5, 0.6) is 5.88 Å². The molecule has 0 spiro atoms. The molecule has 1 saturated heterocycles. The van der Waals surface area contributed by atoms with Crippen LogP contribution in [0.15, 0.2) is 30.6 Å². The van der Waals surface area contributed by atoms with Crippen molar-refractivity contribution in [3.8, 4) is 17.3 Å². The van der Waals surface area contributed by atoms with E-state index >= 15 is 0 Å². The lowest BCUT2D eigenvalue weighted by Crippen LogP contribution is -2.21. The number of methoxy groups -OCH3 is 1. The quantitative estimate of drug-likeness (QED) is 0.722. The molecule has 146 valence electrons. The summed E-state index contributed by atoms with van der Waals surface area (Å²) in [7, 11) is 1.54. The number of pyridine rings is 1. The third-order valence-electron chi connectivity index (χ3n) is 4.70. The highest BCUT2D eigenvalue weighted by molar-refractivity contribution is 5.59. The number of anilines is 2. The molecule has 0 atom stereocenters. The van der Waals surface area contributed by atoms with Crippen molar-refractivity contribution in [3.63, 3.8) is 0 Å². The van der Waals surface area contributed by atoms with E-state index in [2.05, 4.69) is 25.3 Å². The van der Waals surface area contributed by atoms with Gasteiger partial charge in [0.05, 0.1) is 25.2 Å². The second-order valence-electron chi connectivity index (χ2n) is 6.48. The van der Waals surface area contributed by atoms with E-state index in [9.17, 15) is 4.39 Å².